The van der Waals surface area contributed by atoms with Gasteiger partial charge in [-0.05, 0) is 45.8 Å². The fraction of sp³-hybridized carbons (Fsp3) is 0.455. The third-order valence-electron chi connectivity index (χ3n) is 5.92. The van der Waals surface area contributed by atoms with Crippen LogP contribution in [-0.4, -0.2) is 57.8 Å². The van der Waals surface area contributed by atoms with E-state index in [0.717, 1.165) is 0 Å². The van der Waals surface area contributed by atoms with Crippen molar-refractivity contribution in [1.29, 1.82) is 0 Å². The van der Waals surface area contributed by atoms with E-state index in [2.05, 4.69) is 15.5 Å². The summed E-state index contributed by atoms with van der Waals surface area (Å²) in [6.07, 6.45) is 6.71. The first-order valence-electron chi connectivity index (χ1n) is 10.5. The van der Waals surface area contributed by atoms with Crippen LogP contribution in [0, 0.1) is 0 Å². The largest absolute Gasteiger partial charge is 0.411 e. The number of nitrogens with one attached hydrogen (secondary N) is 1. The molecule has 5 atom stereocenters. The minimum absolute atomic E-state index is 0.00830. The Balaban J connectivity index is 2.02. The number of hydrogen-bond acceptors (Lipinski definition) is 10. The lowest BCUT2D eigenvalue weighted by molar-refractivity contribution is -0.132. The van der Waals surface area contributed by atoms with Crippen molar-refractivity contribution >= 4 is 54.8 Å². The number of thiazole rings is 1. The van der Waals surface area contributed by atoms with Crippen molar-refractivity contribution in [2.24, 2.45) is 5.16 Å². The van der Waals surface area contributed by atoms with E-state index in [9.17, 15) is 29.2 Å². The molecule has 9 nitrogen and oxygen atoms in total. The highest BCUT2D eigenvalue weighted by molar-refractivity contribution is 8.76. The number of hydrogen-bond donors (Lipinski definition) is 4. The topological polar surface area (TPSA) is 149 Å². The van der Waals surface area contributed by atoms with Crippen molar-refractivity contribution in [2.45, 2.75) is 62.5 Å². The maximum atomic E-state index is 13.1. The summed E-state index contributed by atoms with van der Waals surface area (Å²) in [5.41, 5.74) is -0.668. The third-order valence-corrected chi connectivity index (χ3v) is 10.9. The lowest BCUT2D eigenvalue weighted by atomic mass is 9.81. The van der Waals surface area contributed by atoms with Crippen LogP contribution in [0.4, 0.5) is 0 Å². The second-order valence-corrected chi connectivity index (χ2v) is 12.5. The Labute approximate surface area is 207 Å². The molecule has 0 saturated carbocycles. The average Bonchev–Trinajstić information content (AvgIpc) is 3.29. The predicted octanol–water partition coefficient (Wildman–Crippen LogP) is 2.64. The van der Waals surface area contributed by atoms with Gasteiger partial charge in [0.05, 0.1) is 21.6 Å². The van der Waals surface area contributed by atoms with Gasteiger partial charge in [-0.1, -0.05) is 29.0 Å². The zero-order valence-electron chi connectivity index (χ0n) is 18.9. The molecule has 0 aromatic carbocycles. The molecule has 3 rings (SSSR count). The number of aromatic nitrogens is 1. The molecule has 1 saturated heterocycles. The summed E-state index contributed by atoms with van der Waals surface area (Å²) >= 11 is 1.36. The van der Waals surface area contributed by atoms with Gasteiger partial charge < -0.3 is 20.7 Å². The fourth-order valence-electron chi connectivity index (χ4n) is 3.75. The molecular formula is C22H27N3O6S3. The normalized spacial score (nSPS) is 38.1. The third kappa shape index (κ3) is 5.41. The van der Waals surface area contributed by atoms with Gasteiger partial charge in [0.2, 0.25) is 11.0 Å². The van der Waals surface area contributed by atoms with Gasteiger partial charge in [0.15, 0.2) is 0 Å². The molecule has 1 fully saturated rings. The average molecular weight is 526 g/mol. The molecule has 1 aromatic rings. The van der Waals surface area contributed by atoms with Crippen LogP contribution in [0.25, 0.3) is 6.08 Å². The molecule has 1 unspecified atom stereocenters. The van der Waals surface area contributed by atoms with Crippen LogP contribution in [-0.2, 0) is 19.4 Å². The monoisotopic (exact) mass is 525 g/mol. The van der Waals surface area contributed by atoms with Gasteiger partial charge in [0.25, 0.3) is 0 Å². The van der Waals surface area contributed by atoms with E-state index >= 15 is 0 Å². The van der Waals surface area contributed by atoms with Crippen molar-refractivity contribution in [3.8, 4) is 0 Å². The number of nitrogens with zero attached hydrogens (tertiary/aromatic N) is 2. The summed E-state index contributed by atoms with van der Waals surface area (Å²) < 4.78 is 11.5. The number of aliphatic hydroxyl groups is 2. The molecule has 34 heavy (non-hydrogen) atoms. The van der Waals surface area contributed by atoms with Crippen LogP contribution < -0.4 is 5.32 Å². The highest BCUT2D eigenvalue weighted by Gasteiger charge is 2.63. The van der Waals surface area contributed by atoms with Gasteiger partial charge >= 0.3 is 0 Å². The van der Waals surface area contributed by atoms with Crippen LogP contribution >= 0.6 is 22.1 Å². The molecule has 4 N–H and O–H groups in total. The summed E-state index contributed by atoms with van der Waals surface area (Å²) in [4.78, 5) is 29.9. The van der Waals surface area contributed by atoms with Crippen LogP contribution in [0.1, 0.15) is 56.8 Å². The number of rotatable bonds is 0. The molecule has 12 heteroatoms. The van der Waals surface area contributed by atoms with Crippen LogP contribution in [0.15, 0.2) is 40.4 Å². The maximum Gasteiger partial charge on any atom is 0.234 e. The van der Waals surface area contributed by atoms with E-state index in [4.69, 9.17) is 0 Å². The van der Waals surface area contributed by atoms with Gasteiger partial charge in [0.1, 0.15) is 27.2 Å². The number of carbonyl (C=O) groups excluding carboxylic acids is 2. The summed E-state index contributed by atoms with van der Waals surface area (Å²) in [5, 5.41) is 38.6. The van der Waals surface area contributed by atoms with E-state index in [1.807, 2.05) is 5.38 Å². The zero-order valence-corrected chi connectivity index (χ0v) is 21.4. The quantitative estimate of drug-likeness (QED) is 0.175. The van der Waals surface area contributed by atoms with E-state index < -0.39 is 43.3 Å². The number of allylic oxidation sites excluding steroid dienone is 3. The van der Waals surface area contributed by atoms with Crippen molar-refractivity contribution < 1.29 is 29.2 Å². The summed E-state index contributed by atoms with van der Waals surface area (Å²) in [6, 6.07) is -0.431. The Hall–Kier alpha value is -2.12. The second-order valence-electron chi connectivity index (χ2n) is 8.45. The van der Waals surface area contributed by atoms with Crippen LogP contribution in [0.3, 0.4) is 0 Å². The number of fused-ring (bicyclic) bond motifs is 2. The first-order valence-corrected chi connectivity index (χ1v) is 13.9. The Kier molecular flexibility index (Phi) is 8.30. The second kappa shape index (κ2) is 10.6. The molecule has 2 aliphatic rings. The van der Waals surface area contributed by atoms with Gasteiger partial charge in [-0.2, -0.15) is 0 Å². The predicted molar refractivity (Wildman–Crippen MR) is 134 cm³/mol. The van der Waals surface area contributed by atoms with Crippen LogP contribution in [0.2, 0.25) is 0 Å². The lowest BCUT2D eigenvalue weighted by Gasteiger charge is -2.36. The minimum Gasteiger partial charge on any atom is -0.411 e. The van der Waals surface area contributed by atoms with Gasteiger partial charge in [-0.3, -0.25) is 9.59 Å². The number of oxime groups is 1. The zero-order chi connectivity index (χ0) is 25.1. The number of aliphatic hydroxyl groups excluding tert-OH is 1. The Bertz CT molecular complexity index is 1110. The van der Waals surface area contributed by atoms with Gasteiger partial charge in [-0.15, -0.1) is 11.3 Å². The van der Waals surface area contributed by atoms with Crippen molar-refractivity contribution in [1.82, 2.24) is 10.3 Å². The molecule has 1 aromatic heterocycles. The molecule has 2 bridgehead atoms. The SMILES string of the molecule is C/C1=C\[C@@H](O)C(=N/O)/C=C/C=C\c2csc(n2)[C@@H](C)NC(=O)C[C@@]2(CC1)S(=O)SC(=O)[C@]2(C)O. The first kappa shape index (κ1) is 26.5. The summed E-state index contributed by atoms with van der Waals surface area (Å²) in [6.45, 7) is 4.79. The van der Waals surface area contributed by atoms with Crippen molar-refractivity contribution in [2.75, 3.05) is 0 Å². The number of amides is 1. The standard InChI is InChI=1S/C22H27N3O6S3/c1-13-8-9-22(21(3,29)20(28)33-34(22)31)11-18(27)23-14(2)19-24-15(12-32-19)6-4-5-7-16(25-30)17(26)10-13/h4-7,10,12,14,17,26,29-30H,8-9,11H2,1-3H3,(H,23,27)/b6-4-,7-5+,13-10+,25-16+/t14-,17-,21+,22-,34?/m1/s1. The highest BCUT2D eigenvalue weighted by Crippen LogP contribution is 2.50. The van der Waals surface area contributed by atoms with E-state index in [1.165, 1.54) is 30.4 Å². The molecule has 184 valence electrons. The lowest BCUT2D eigenvalue weighted by Crippen LogP contribution is -2.55. The molecule has 1 spiro atoms. The Morgan fingerprint density at radius 2 is 2.00 bits per heavy atom. The fourth-order valence-corrected chi connectivity index (χ4v) is 8.49. The summed E-state index contributed by atoms with van der Waals surface area (Å²) in [5.74, 6) is -0.455. The molecule has 0 aliphatic carbocycles. The Morgan fingerprint density at radius 3 is 2.65 bits per heavy atom. The van der Waals surface area contributed by atoms with E-state index in [1.54, 1.807) is 32.1 Å². The minimum atomic E-state index is -1.98. The first-order chi connectivity index (χ1) is 16.0. The van der Waals surface area contributed by atoms with Crippen LogP contribution in [0.5, 0.6) is 0 Å². The molecule has 2 aliphatic heterocycles. The summed E-state index contributed by atoms with van der Waals surface area (Å²) in [7, 11) is -1.32. The van der Waals surface area contributed by atoms with Crippen molar-refractivity contribution in [3.63, 3.8) is 0 Å². The van der Waals surface area contributed by atoms with Crippen molar-refractivity contribution in [3.05, 3.63) is 46.0 Å². The molecule has 3 heterocycles. The molecule has 0 radical (unpaired) electrons. The maximum absolute atomic E-state index is 13.1. The van der Waals surface area contributed by atoms with E-state index in [0.29, 0.717) is 27.1 Å². The number of carbonyl (C=O) groups is 2. The molecule has 1 amide bonds. The molecular weight excluding hydrogens is 498 g/mol. The van der Waals surface area contributed by atoms with E-state index in [-0.39, 0.29) is 25.0 Å². The van der Waals surface area contributed by atoms with Gasteiger partial charge in [0, 0.05) is 22.6 Å². The Morgan fingerprint density at radius 1 is 1.29 bits per heavy atom. The highest BCUT2D eigenvalue weighted by atomic mass is 33.1. The van der Waals surface area contributed by atoms with Gasteiger partial charge in [-0.25, -0.2) is 9.19 Å². The smallest absolute Gasteiger partial charge is 0.234 e.